The summed E-state index contributed by atoms with van der Waals surface area (Å²) in [7, 11) is 0. The SMILES string of the molecule is C[C@@H](CNC(=O)CCOC1COC1)NC(=O)C(O)c1cccc(Cl)c1. The zero-order chi connectivity index (χ0) is 18.2. The van der Waals surface area contributed by atoms with Gasteiger partial charge in [0.25, 0.3) is 5.91 Å². The van der Waals surface area contributed by atoms with Crippen molar-refractivity contribution in [2.24, 2.45) is 0 Å². The van der Waals surface area contributed by atoms with E-state index in [0.29, 0.717) is 30.4 Å². The minimum absolute atomic E-state index is 0.0963. The summed E-state index contributed by atoms with van der Waals surface area (Å²) >= 11 is 5.85. The smallest absolute Gasteiger partial charge is 0.253 e. The first-order chi connectivity index (χ1) is 12.0. The van der Waals surface area contributed by atoms with E-state index in [1.807, 2.05) is 0 Å². The van der Waals surface area contributed by atoms with Gasteiger partial charge in [-0.1, -0.05) is 23.7 Å². The van der Waals surface area contributed by atoms with Crippen LogP contribution in [0, 0.1) is 0 Å². The highest BCUT2D eigenvalue weighted by molar-refractivity contribution is 6.30. The van der Waals surface area contributed by atoms with Gasteiger partial charge in [0.05, 0.1) is 19.8 Å². The van der Waals surface area contributed by atoms with Crippen LogP contribution in [0.1, 0.15) is 25.0 Å². The van der Waals surface area contributed by atoms with Crippen molar-refractivity contribution in [2.75, 3.05) is 26.4 Å². The fourth-order valence-corrected chi connectivity index (χ4v) is 2.38. The van der Waals surface area contributed by atoms with Gasteiger partial charge in [0.1, 0.15) is 6.10 Å². The molecule has 1 aromatic rings. The van der Waals surface area contributed by atoms with Gasteiger partial charge < -0.3 is 25.2 Å². The van der Waals surface area contributed by atoms with Gasteiger partial charge in [0.2, 0.25) is 5.91 Å². The average molecular weight is 371 g/mol. The maximum absolute atomic E-state index is 12.0. The second-order valence-corrected chi connectivity index (χ2v) is 6.39. The number of benzene rings is 1. The Morgan fingerprint density at radius 1 is 1.44 bits per heavy atom. The first kappa shape index (κ1) is 19.7. The van der Waals surface area contributed by atoms with Gasteiger partial charge in [0, 0.05) is 24.0 Å². The predicted octanol–water partition coefficient (Wildman–Crippen LogP) is 0.800. The quantitative estimate of drug-likeness (QED) is 0.597. The zero-order valence-electron chi connectivity index (χ0n) is 14.0. The largest absolute Gasteiger partial charge is 0.378 e. The van der Waals surface area contributed by atoms with Gasteiger partial charge in [-0.15, -0.1) is 0 Å². The van der Waals surface area contributed by atoms with Gasteiger partial charge >= 0.3 is 0 Å². The lowest BCUT2D eigenvalue weighted by Crippen LogP contribution is -2.44. The van der Waals surface area contributed by atoms with E-state index in [4.69, 9.17) is 21.1 Å². The molecule has 2 amide bonds. The molecule has 1 aromatic carbocycles. The molecular formula is C17H23ClN2O5. The van der Waals surface area contributed by atoms with Crippen LogP contribution < -0.4 is 10.6 Å². The molecule has 138 valence electrons. The number of ether oxygens (including phenoxy) is 2. The highest BCUT2D eigenvalue weighted by atomic mass is 35.5. The van der Waals surface area contributed by atoms with Crippen molar-refractivity contribution >= 4 is 23.4 Å². The van der Waals surface area contributed by atoms with Gasteiger partial charge in [-0.2, -0.15) is 0 Å². The van der Waals surface area contributed by atoms with Crippen molar-refractivity contribution in [1.82, 2.24) is 10.6 Å². The number of amides is 2. The van der Waals surface area contributed by atoms with Crippen molar-refractivity contribution < 1.29 is 24.2 Å². The Hall–Kier alpha value is -1.67. The van der Waals surface area contributed by atoms with Crippen molar-refractivity contribution in [1.29, 1.82) is 0 Å². The molecular weight excluding hydrogens is 348 g/mol. The van der Waals surface area contributed by atoms with Crippen molar-refractivity contribution in [3.8, 4) is 0 Å². The van der Waals surface area contributed by atoms with Gasteiger partial charge in [-0.25, -0.2) is 0 Å². The van der Waals surface area contributed by atoms with E-state index in [1.54, 1.807) is 25.1 Å². The summed E-state index contributed by atoms with van der Waals surface area (Å²) < 4.78 is 10.4. The summed E-state index contributed by atoms with van der Waals surface area (Å²) in [6, 6.07) is 6.15. The van der Waals surface area contributed by atoms with Crippen molar-refractivity contribution in [3.63, 3.8) is 0 Å². The van der Waals surface area contributed by atoms with Gasteiger partial charge in [0.15, 0.2) is 6.10 Å². The third kappa shape index (κ3) is 6.62. The molecule has 8 heteroatoms. The Bertz CT molecular complexity index is 594. The first-order valence-electron chi connectivity index (χ1n) is 8.15. The first-order valence-corrected chi connectivity index (χ1v) is 8.53. The summed E-state index contributed by atoms with van der Waals surface area (Å²) in [5.41, 5.74) is 0.415. The second-order valence-electron chi connectivity index (χ2n) is 5.95. The molecule has 7 nitrogen and oxygen atoms in total. The van der Waals surface area contributed by atoms with E-state index >= 15 is 0 Å². The number of rotatable bonds is 9. The molecule has 1 fully saturated rings. The molecule has 1 aliphatic heterocycles. The molecule has 1 aliphatic rings. The maximum atomic E-state index is 12.0. The van der Waals surface area contributed by atoms with Crippen molar-refractivity contribution in [3.05, 3.63) is 34.9 Å². The Morgan fingerprint density at radius 2 is 2.20 bits per heavy atom. The second kappa shape index (κ2) is 9.72. The summed E-state index contributed by atoms with van der Waals surface area (Å²) in [6.07, 6.45) is -0.962. The third-order valence-electron chi connectivity index (χ3n) is 3.70. The van der Waals surface area contributed by atoms with E-state index < -0.39 is 12.0 Å². The van der Waals surface area contributed by atoms with Crippen LogP contribution in [0.4, 0.5) is 0 Å². The monoisotopic (exact) mass is 370 g/mol. The van der Waals surface area contributed by atoms with Crippen molar-refractivity contribution in [2.45, 2.75) is 31.6 Å². The molecule has 1 unspecified atom stereocenters. The molecule has 3 N–H and O–H groups in total. The highest BCUT2D eigenvalue weighted by Crippen LogP contribution is 2.17. The Kier molecular flexibility index (Phi) is 7.64. The number of nitrogens with one attached hydrogen (secondary N) is 2. The van der Waals surface area contributed by atoms with E-state index in [9.17, 15) is 14.7 Å². The number of carbonyl (C=O) groups excluding carboxylic acids is 2. The van der Waals surface area contributed by atoms with E-state index in [0.717, 1.165) is 0 Å². The van der Waals surface area contributed by atoms with Gasteiger partial charge in [-0.05, 0) is 24.6 Å². The third-order valence-corrected chi connectivity index (χ3v) is 3.93. The van der Waals surface area contributed by atoms with E-state index in [-0.39, 0.29) is 31.0 Å². The Morgan fingerprint density at radius 3 is 2.84 bits per heavy atom. The lowest BCUT2D eigenvalue weighted by molar-refractivity contribution is -0.137. The Balaban J connectivity index is 1.65. The van der Waals surface area contributed by atoms with Crippen LogP contribution in [0.25, 0.3) is 0 Å². The number of aliphatic hydroxyl groups excluding tert-OH is 1. The normalized spacial score (nSPS) is 16.6. The fraction of sp³-hybridized carbons (Fsp3) is 0.529. The molecule has 0 radical (unpaired) electrons. The minimum Gasteiger partial charge on any atom is -0.378 e. The van der Waals surface area contributed by atoms with Crippen LogP contribution in [-0.4, -0.2) is 55.4 Å². The lowest BCUT2D eigenvalue weighted by atomic mass is 10.1. The van der Waals surface area contributed by atoms with Crippen LogP contribution in [0.2, 0.25) is 5.02 Å². The predicted molar refractivity (Wildman–Crippen MR) is 92.2 cm³/mol. The van der Waals surface area contributed by atoms with Crippen LogP contribution >= 0.6 is 11.6 Å². The summed E-state index contributed by atoms with van der Waals surface area (Å²) in [4.78, 5) is 23.8. The summed E-state index contributed by atoms with van der Waals surface area (Å²) in [6.45, 7) is 3.51. The number of aliphatic hydroxyl groups is 1. The number of hydrogen-bond acceptors (Lipinski definition) is 5. The Labute approximate surface area is 151 Å². The molecule has 25 heavy (non-hydrogen) atoms. The molecule has 0 spiro atoms. The summed E-state index contributed by atoms with van der Waals surface area (Å²) in [5.74, 6) is -0.700. The molecule has 2 rings (SSSR count). The van der Waals surface area contributed by atoms with Gasteiger partial charge in [-0.3, -0.25) is 9.59 Å². The molecule has 0 bridgehead atoms. The maximum Gasteiger partial charge on any atom is 0.253 e. The topological polar surface area (TPSA) is 96.9 Å². The van der Waals surface area contributed by atoms with Crippen LogP contribution in [0.5, 0.6) is 0 Å². The molecule has 1 saturated heterocycles. The number of carbonyl (C=O) groups is 2. The molecule has 0 saturated carbocycles. The highest BCUT2D eigenvalue weighted by Gasteiger charge is 2.20. The standard InChI is InChI=1S/C17H23ClN2O5/c1-11(8-19-15(21)5-6-25-14-9-24-10-14)20-17(23)16(22)12-3-2-4-13(18)7-12/h2-4,7,11,14,16,22H,5-6,8-10H2,1H3,(H,19,21)(H,20,23)/t11-,16?/m0/s1. The van der Waals surface area contributed by atoms with E-state index in [1.165, 1.54) is 6.07 Å². The molecule has 0 aromatic heterocycles. The lowest BCUT2D eigenvalue weighted by Gasteiger charge is -2.25. The van der Waals surface area contributed by atoms with Crippen LogP contribution in [-0.2, 0) is 19.1 Å². The molecule has 2 atom stereocenters. The van der Waals surface area contributed by atoms with Crippen LogP contribution in [0.3, 0.4) is 0 Å². The van der Waals surface area contributed by atoms with Crippen LogP contribution in [0.15, 0.2) is 24.3 Å². The number of halogens is 1. The molecule has 0 aliphatic carbocycles. The summed E-state index contributed by atoms with van der Waals surface area (Å²) in [5, 5.41) is 15.9. The zero-order valence-corrected chi connectivity index (χ0v) is 14.8. The minimum atomic E-state index is -1.31. The molecule has 1 heterocycles. The average Bonchev–Trinajstić information content (AvgIpc) is 2.54. The number of hydrogen-bond donors (Lipinski definition) is 3. The fourth-order valence-electron chi connectivity index (χ4n) is 2.18. The van der Waals surface area contributed by atoms with E-state index in [2.05, 4.69) is 10.6 Å².